The highest BCUT2D eigenvalue weighted by molar-refractivity contribution is 6.31. The van der Waals surface area contributed by atoms with Gasteiger partial charge in [-0.15, -0.1) is 0 Å². The van der Waals surface area contributed by atoms with Crippen LogP contribution in [0.25, 0.3) is 22.3 Å². The molecule has 0 radical (unpaired) electrons. The Balaban J connectivity index is 1.45. The van der Waals surface area contributed by atoms with Gasteiger partial charge in [-0.1, -0.05) is 145 Å². The summed E-state index contributed by atoms with van der Waals surface area (Å²) in [6, 6.07) is 65.4. The number of anilines is 6. The summed E-state index contributed by atoms with van der Waals surface area (Å²) in [6.45, 7) is 0. The van der Waals surface area contributed by atoms with Gasteiger partial charge in [0.1, 0.15) is 0 Å². The molecule has 0 amide bonds. The molecule has 0 aliphatic rings. The highest BCUT2D eigenvalue weighted by Gasteiger charge is 2.22. The minimum absolute atomic E-state index is 0.652. The zero-order valence-electron chi connectivity index (χ0n) is 24.7. The van der Waals surface area contributed by atoms with E-state index in [-0.39, 0.29) is 0 Å². The predicted octanol–water partition coefficient (Wildman–Crippen LogP) is 12.6. The Bertz CT molecular complexity index is 1860. The summed E-state index contributed by atoms with van der Waals surface area (Å²) in [7, 11) is 0. The SMILES string of the molecule is Clc1cc(N(c2ccccc2)c2ccccc2-c2ccccc2)cc(N(c2ccccc2)c2ccccc2-c2ccccc2)c1. The van der Waals surface area contributed by atoms with Gasteiger partial charge in [-0.2, -0.15) is 0 Å². The highest BCUT2D eigenvalue weighted by Crippen LogP contribution is 2.46. The lowest BCUT2D eigenvalue weighted by Gasteiger charge is -2.31. The molecular formula is C42H31ClN2. The fraction of sp³-hybridized carbons (Fsp3) is 0. The third kappa shape index (κ3) is 5.97. The van der Waals surface area contributed by atoms with E-state index in [9.17, 15) is 0 Å². The number of hydrogen-bond acceptors (Lipinski definition) is 2. The van der Waals surface area contributed by atoms with Crippen LogP contribution in [0.15, 0.2) is 188 Å². The van der Waals surface area contributed by atoms with Crippen molar-refractivity contribution in [1.82, 2.24) is 0 Å². The quantitative estimate of drug-likeness (QED) is 0.172. The monoisotopic (exact) mass is 598 g/mol. The summed E-state index contributed by atoms with van der Waals surface area (Å²) in [5.74, 6) is 0. The van der Waals surface area contributed by atoms with Crippen LogP contribution in [-0.4, -0.2) is 0 Å². The Morgan fingerprint density at radius 3 is 1.04 bits per heavy atom. The van der Waals surface area contributed by atoms with Gasteiger partial charge in [0.15, 0.2) is 0 Å². The van der Waals surface area contributed by atoms with Crippen molar-refractivity contribution in [3.05, 3.63) is 193 Å². The second-order valence-corrected chi connectivity index (χ2v) is 11.2. The van der Waals surface area contributed by atoms with E-state index >= 15 is 0 Å². The van der Waals surface area contributed by atoms with Gasteiger partial charge in [-0.3, -0.25) is 0 Å². The third-order valence-corrected chi connectivity index (χ3v) is 8.09. The molecule has 0 N–H and O–H groups in total. The van der Waals surface area contributed by atoms with Crippen LogP contribution in [0.2, 0.25) is 5.02 Å². The molecule has 0 saturated heterocycles. The van der Waals surface area contributed by atoms with Crippen molar-refractivity contribution < 1.29 is 0 Å². The maximum atomic E-state index is 7.05. The standard InChI is InChI=1S/C42H31ClN2/c43-34-29-37(44(35-21-9-3-10-22-35)41-27-15-13-25-39(41)32-17-5-1-6-18-32)31-38(30-34)45(36-23-11-4-12-24-36)42-28-16-14-26-40(42)33-19-7-2-8-20-33/h1-31H. The molecule has 7 rings (SSSR count). The highest BCUT2D eigenvalue weighted by atomic mass is 35.5. The summed E-state index contributed by atoms with van der Waals surface area (Å²) in [5.41, 5.74) is 10.7. The van der Waals surface area contributed by atoms with E-state index < -0.39 is 0 Å². The average molecular weight is 599 g/mol. The van der Waals surface area contributed by atoms with E-state index in [0.717, 1.165) is 56.4 Å². The lowest BCUT2D eigenvalue weighted by atomic mass is 10.0. The van der Waals surface area contributed by atoms with Gasteiger partial charge in [-0.05, 0) is 65.7 Å². The zero-order valence-corrected chi connectivity index (χ0v) is 25.4. The van der Waals surface area contributed by atoms with E-state index in [0.29, 0.717) is 5.02 Å². The van der Waals surface area contributed by atoms with Gasteiger partial charge in [-0.25, -0.2) is 0 Å². The maximum Gasteiger partial charge on any atom is 0.0540 e. The zero-order chi connectivity index (χ0) is 30.4. The summed E-state index contributed by atoms with van der Waals surface area (Å²) >= 11 is 7.05. The van der Waals surface area contributed by atoms with Crippen LogP contribution >= 0.6 is 11.6 Å². The maximum absolute atomic E-state index is 7.05. The van der Waals surface area contributed by atoms with Crippen molar-refractivity contribution in [2.45, 2.75) is 0 Å². The fourth-order valence-corrected chi connectivity index (χ4v) is 6.11. The van der Waals surface area contributed by atoms with Crippen LogP contribution in [-0.2, 0) is 0 Å². The van der Waals surface area contributed by atoms with Crippen molar-refractivity contribution in [2.24, 2.45) is 0 Å². The van der Waals surface area contributed by atoms with Crippen LogP contribution in [0.1, 0.15) is 0 Å². The third-order valence-electron chi connectivity index (χ3n) is 7.87. The molecule has 0 aromatic heterocycles. The fourth-order valence-electron chi connectivity index (χ4n) is 5.89. The molecule has 0 saturated carbocycles. The molecule has 0 bridgehead atoms. The van der Waals surface area contributed by atoms with Crippen molar-refractivity contribution in [3.8, 4) is 22.3 Å². The molecule has 0 aliphatic carbocycles. The largest absolute Gasteiger partial charge is 0.310 e. The average Bonchev–Trinajstić information content (AvgIpc) is 3.11. The molecule has 0 fully saturated rings. The Labute approximate surface area is 270 Å². The molecule has 216 valence electrons. The van der Waals surface area contributed by atoms with Gasteiger partial charge in [0.05, 0.1) is 11.4 Å². The van der Waals surface area contributed by atoms with E-state index in [4.69, 9.17) is 11.6 Å². The number of rotatable bonds is 8. The predicted molar refractivity (Wildman–Crippen MR) is 192 cm³/mol. The Morgan fingerprint density at radius 2 is 0.644 bits per heavy atom. The molecule has 0 aliphatic heterocycles. The lowest BCUT2D eigenvalue weighted by Crippen LogP contribution is -2.14. The summed E-state index contributed by atoms with van der Waals surface area (Å²) < 4.78 is 0. The van der Waals surface area contributed by atoms with Crippen LogP contribution in [0.3, 0.4) is 0 Å². The number of nitrogens with zero attached hydrogens (tertiary/aromatic N) is 2. The molecule has 0 heterocycles. The normalized spacial score (nSPS) is 10.8. The van der Waals surface area contributed by atoms with Crippen molar-refractivity contribution in [1.29, 1.82) is 0 Å². The van der Waals surface area contributed by atoms with Crippen LogP contribution in [0.5, 0.6) is 0 Å². The Kier molecular flexibility index (Phi) is 8.13. The molecule has 0 unspecified atom stereocenters. The molecule has 0 atom stereocenters. The molecule has 7 aromatic carbocycles. The van der Waals surface area contributed by atoms with Gasteiger partial charge >= 0.3 is 0 Å². The van der Waals surface area contributed by atoms with Gasteiger partial charge in [0.25, 0.3) is 0 Å². The van der Waals surface area contributed by atoms with Crippen molar-refractivity contribution in [2.75, 3.05) is 9.80 Å². The Hall–Kier alpha value is -5.57. The summed E-state index contributed by atoms with van der Waals surface area (Å²) in [5, 5.41) is 0.652. The second kappa shape index (κ2) is 13.0. The smallest absolute Gasteiger partial charge is 0.0540 e. The molecular weight excluding hydrogens is 568 g/mol. The first-order valence-electron chi connectivity index (χ1n) is 15.1. The minimum Gasteiger partial charge on any atom is -0.310 e. The number of hydrogen-bond donors (Lipinski definition) is 0. The number of benzene rings is 7. The molecule has 3 heteroatoms. The lowest BCUT2D eigenvalue weighted by molar-refractivity contribution is 1.25. The molecule has 45 heavy (non-hydrogen) atoms. The minimum atomic E-state index is 0.652. The Morgan fingerprint density at radius 1 is 0.311 bits per heavy atom. The molecule has 2 nitrogen and oxygen atoms in total. The first-order chi connectivity index (χ1) is 22.3. The van der Waals surface area contributed by atoms with Crippen molar-refractivity contribution in [3.63, 3.8) is 0 Å². The topological polar surface area (TPSA) is 6.48 Å². The number of para-hydroxylation sites is 4. The van der Waals surface area contributed by atoms with E-state index in [2.05, 4.69) is 174 Å². The van der Waals surface area contributed by atoms with Gasteiger partial charge in [0.2, 0.25) is 0 Å². The molecule has 7 aromatic rings. The van der Waals surface area contributed by atoms with E-state index in [1.54, 1.807) is 0 Å². The second-order valence-electron chi connectivity index (χ2n) is 10.8. The molecule has 0 spiro atoms. The van der Waals surface area contributed by atoms with Crippen LogP contribution in [0.4, 0.5) is 34.1 Å². The van der Waals surface area contributed by atoms with Gasteiger partial charge < -0.3 is 9.80 Å². The van der Waals surface area contributed by atoms with E-state index in [1.807, 2.05) is 24.3 Å². The first kappa shape index (κ1) is 28.2. The number of halogens is 1. The van der Waals surface area contributed by atoms with Crippen LogP contribution < -0.4 is 9.80 Å². The first-order valence-corrected chi connectivity index (χ1v) is 15.4. The van der Waals surface area contributed by atoms with Crippen LogP contribution in [0, 0.1) is 0 Å². The summed E-state index contributed by atoms with van der Waals surface area (Å²) in [4.78, 5) is 4.59. The van der Waals surface area contributed by atoms with E-state index in [1.165, 1.54) is 0 Å². The van der Waals surface area contributed by atoms with Crippen molar-refractivity contribution >= 4 is 45.7 Å². The summed E-state index contributed by atoms with van der Waals surface area (Å²) in [6.07, 6.45) is 0. The van der Waals surface area contributed by atoms with Gasteiger partial charge in [0, 0.05) is 38.9 Å².